The van der Waals surface area contributed by atoms with Crippen LogP contribution in [0.15, 0.2) is 54.6 Å². The summed E-state index contributed by atoms with van der Waals surface area (Å²) in [4.78, 5) is 0. The molecule has 1 fully saturated rings. The van der Waals surface area contributed by atoms with Crippen molar-refractivity contribution in [3.63, 3.8) is 0 Å². The van der Waals surface area contributed by atoms with Gasteiger partial charge in [-0.15, -0.1) is 0 Å². The van der Waals surface area contributed by atoms with Crippen LogP contribution >= 0.6 is 0 Å². The summed E-state index contributed by atoms with van der Waals surface area (Å²) in [7, 11) is 0. The molecule has 3 aromatic rings. The van der Waals surface area contributed by atoms with Crippen LogP contribution in [0, 0.1) is 5.92 Å². The van der Waals surface area contributed by atoms with Crippen LogP contribution in [0.5, 0.6) is 0 Å². The molecular formula is C19H20N2O. The normalized spacial score (nSPS) is 14.5. The van der Waals surface area contributed by atoms with Gasteiger partial charge in [-0.05, 0) is 42.5 Å². The van der Waals surface area contributed by atoms with Gasteiger partial charge in [-0.25, -0.2) is 0 Å². The largest absolute Gasteiger partial charge is 0.376 e. The number of ether oxygens (including phenoxy) is 1. The molecule has 0 aliphatic heterocycles. The quantitative estimate of drug-likeness (QED) is 0.723. The molecule has 1 aliphatic rings. The highest BCUT2D eigenvalue weighted by Gasteiger charge is 2.21. The maximum absolute atomic E-state index is 6.25. The number of fused-ring (bicyclic) bond motifs is 1. The van der Waals surface area contributed by atoms with E-state index in [1.54, 1.807) is 4.68 Å². The summed E-state index contributed by atoms with van der Waals surface area (Å²) >= 11 is 0. The van der Waals surface area contributed by atoms with Crippen LogP contribution < -0.4 is 5.84 Å². The minimum atomic E-state index is 0.683. The van der Waals surface area contributed by atoms with Gasteiger partial charge in [0.25, 0.3) is 0 Å². The summed E-state index contributed by atoms with van der Waals surface area (Å²) in [5.74, 6) is 7.06. The fourth-order valence-corrected chi connectivity index (χ4v) is 2.83. The molecular weight excluding hydrogens is 272 g/mol. The summed E-state index contributed by atoms with van der Waals surface area (Å²) in [6, 6.07) is 18.8. The molecule has 1 saturated carbocycles. The molecule has 0 saturated heterocycles. The number of benzene rings is 2. The molecule has 0 bridgehead atoms. The van der Waals surface area contributed by atoms with Gasteiger partial charge in [0.1, 0.15) is 0 Å². The van der Waals surface area contributed by atoms with Crippen molar-refractivity contribution in [2.45, 2.75) is 19.4 Å². The van der Waals surface area contributed by atoms with Gasteiger partial charge < -0.3 is 10.6 Å². The number of nitrogen functional groups attached to an aromatic ring is 1. The van der Waals surface area contributed by atoms with Crippen LogP contribution in [0.2, 0.25) is 0 Å². The van der Waals surface area contributed by atoms with Crippen LogP contribution in [0.25, 0.3) is 22.2 Å². The second-order valence-corrected chi connectivity index (χ2v) is 6.12. The van der Waals surface area contributed by atoms with Crippen LogP contribution in [0.3, 0.4) is 0 Å². The SMILES string of the molecule is Nn1c(-c2ccccc2)cc2cc(COCC3CC3)ccc21. The minimum Gasteiger partial charge on any atom is -0.376 e. The Bertz CT molecular complexity index is 788. The average Bonchev–Trinajstić information content (AvgIpc) is 3.32. The smallest absolute Gasteiger partial charge is 0.0717 e. The fraction of sp³-hybridized carbons (Fsp3) is 0.263. The van der Waals surface area contributed by atoms with Crippen LogP contribution in [-0.2, 0) is 11.3 Å². The first-order chi connectivity index (χ1) is 10.8. The summed E-state index contributed by atoms with van der Waals surface area (Å²) in [5.41, 5.74) is 4.42. The van der Waals surface area contributed by atoms with Crippen molar-refractivity contribution in [2.24, 2.45) is 5.92 Å². The molecule has 22 heavy (non-hydrogen) atoms. The van der Waals surface area contributed by atoms with Crippen molar-refractivity contribution in [1.82, 2.24) is 4.68 Å². The fourth-order valence-electron chi connectivity index (χ4n) is 2.83. The van der Waals surface area contributed by atoms with E-state index in [2.05, 4.69) is 36.4 Å². The third-order valence-corrected chi connectivity index (χ3v) is 4.29. The molecule has 4 rings (SSSR count). The van der Waals surface area contributed by atoms with Crippen molar-refractivity contribution >= 4 is 10.9 Å². The maximum Gasteiger partial charge on any atom is 0.0717 e. The Balaban J connectivity index is 1.62. The van der Waals surface area contributed by atoms with Crippen LogP contribution in [-0.4, -0.2) is 11.3 Å². The molecule has 0 unspecified atom stereocenters. The van der Waals surface area contributed by atoms with Gasteiger partial charge in [-0.1, -0.05) is 36.4 Å². The van der Waals surface area contributed by atoms with E-state index in [9.17, 15) is 0 Å². The zero-order valence-corrected chi connectivity index (χ0v) is 12.5. The predicted octanol–water partition coefficient (Wildman–Crippen LogP) is 3.95. The summed E-state index contributed by atoms with van der Waals surface area (Å²) in [6.45, 7) is 1.58. The van der Waals surface area contributed by atoms with E-state index in [4.69, 9.17) is 10.6 Å². The molecule has 0 spiro atoms. The van der Waals surface area contributed by atoms with Crippen LogP contribution in [0.1, 0.15) is 18.4 Å². The standard InChI is InChI=1S/C19H20N2O/c20-21-18-9-8-15(13-22-12-14-6-7-14)10-17(18)11-19(21)16-4-2-1-3-5-16/h1-5,8-11,14H,6-7,12-13,20H2. The van der Waals surface area contributed by atoms with E-state index >= 15 is 0 Å². The average molecular weight is 292 g/mol. The molecule has 0 radical (unpaired) electrons. The van der Waals surface area contributed by atoms with Gasteiger partial charge >= 0.3 is 0 Å². The number of aromatic nitrogens is 1. The highest BCUT2D eigenvalue weighted by molar-refractivity contribution is 5.87. The lowest BCUT2D eigenvalue weighted by atomic mass is 10.1. The topological polar surface area (TPSA) is 40.2 Å². The summed E-state index contributed by atoms with van der Waals surface area (Å²) in [6.07, 6.45) is 2.66. The monoisotopic (exact) mass is 292 g/mol. The molecule has 3 heteroatoms. The number of rotatable bonds is 5. The second-order valence-electron chi connectivity index (χ2n) is 6.12. The Morgan fingerprint density at radius 1 is 1.05 bits per heavy atom. The highest BCUT2D eigenvalue weighted by Crippen LogP contribution is 2.30. The second kappa shape index (κ2) is 5.50. The lowest BCUT2D eigenvalue weighted by molar-refractivity contribution is 0.111. The van der Waals surface area contributed by atoms with Gasteiger partial charge in [-0.2, -0.15) is 0 Å². The molecule has 0 amide bonds. The van der Waals surface area contributed by atoms with Crippen molar-refractivity contribution in [2.75, 3.05) is 12.4 Å². The predicted molar refractivity (Wildman–Crippen MR) is 89.9 cm³/mol. The van der Waals surface area contributed by atoms with Gasteiger partial charge in [0, 0.05) is 17.6 Å². The molecule has 112 valence electrons. The third-order valence-electron chi connectivity index (χ3n) is 4.29. The van der Waals surface area contributed by atoms with E-state index in [1.807, 2.05) is 18.2 Å². The molecule has 1 aromatic heterocycles. The van der Waals surface area contributed by atoms with Crippen molar-refractivity contribution < 1.29 is 4.74 Å². The molecule has 1 aliphatic carbocycles. The van der Waals surface area contributed by atoms with Gasteiger partial charge in [0.2, 0.25) is 0 Å². The minimum absolute atomic E-state index is 0.683. The Morgan fingerprint density at radius 3 is 2.64 bits per heavy atom. The summed E-state index contributed by atoms with van der Waals surface area (Å²) in [5, 5.41) is 1.16. The first-order valence-corrected chi connectivity index (χ1v) is 7.84. The van der Waals surface area contributed by atoms with E-state index in [0.717, 1.165) is 34.7 Å². The van der Waals surface area contributed by atoms with Gasteiger partial charge in [0.05, 0.1) is 17.8 Å². The van der Waals surface area contributed by atoms with Crippen molar-refractivity contribution in [3.8, 4) is 11.3 Å². The highest BCUT2D eigenvalue weighted by atomic mass is 16.5. The first-order valence-electron chi connectivity index (χ1n) is 7.84. The van der Waals surface area contributed by atoms with Crippen molar-refractivity contribution in [3.05, 3.63) is 60.2 Å². The van der Waals surface area contributed by atoms with E-state index in [0.29, 0.717) is 6.61 Å². The number of nitrogens with zero attached hydrogens (tertiary/aromatic N) is 1. The van der Waals surface area contributed by atoms with E-state index in [-0.39, 0.29) is 0 Å². The Morgan fingerprint density at radius 2 is 1.86 bits per heavy atom. The van der Waals surface area contributed by atoms with Gasteiger partial charge in [0.15, 0.2) is 0 Å². The Kier molecular flexibility index (Phi) is 3.35. The number of nitrogens with two attached hydrogens (primary N) is 1. The zero-order chi connectivity index (χ0) is 14.9. The Labute approximate surface area is 130 Å². The third kappa shape index (κ3) is 2.60. The molecule has 2 N–H and O–H groups in total. The molecule has 3 nitrogen and oxygen atoms in total. The molecule has 2 aromatic carbocycles. The molecule has 1 heterocycles. The lowest BCUT2D eigenvalue weighted by Crippen LogP contribution is -2.09. The maximum atomic E-state index is 6.25. The van der Waals surface area contributed by atoms with Crippen molar-refractivity contribution in [1.29, 1.82) is 0 Å². The Hall–Kier alpha value is -2.26. The zero-order valence-electron chi connectivity index (χ0n) is 12.5. The number of hydrogen-bond acceptors (Lipinski definition) is 2. The first kappa shape index (κ1) is 13.4. The number of hydrogen-bond donors (Lipinski definition) is 1. The lowest BCUT2D eigenvalue weighted by Gasteiger charge is -2.05. The summed E-state index contributed by atoms with van der Waals surface area (Å²) < 4.78 is 7.54. The molecule has 0 atom stereocenters. The van der Waals surface area contributed by atoms with E-state index < -0.39 is 0 Å². The van der Waals surface area contributed by atoms with E-state index in [1.165, 1.54) is 18.4 Å². The van der Waals surface area contributed by atoms with Gasteiger partial charge in [-0.3, -0.25) is 4.68 Å². The van der Waals surface area contributed by atoms with Crippen LogP contribution in [0.4, 0.5) is 0 Å².